The SMILES string of the molecule is COC(=O)C1=C(C)N=c2s/c(=C/c3ccc(Cl)cc3)c(=O)n2C1c1ccc(C(C)(C)C)cc1. The smallest absolute Gasteiger partial charge is 0.338 e. The molecule has 0 spiro atoms. The number of aromatic nitrogens is 1. The number of carbonyl (C=O) groups excluding carboxylic acids is 1. The molecule has 0 radical (unpaired) electrons. The van der Waals surface area contributed by atoms with E-state index < -0.39 is 12.0 Å². The molecule has 0 saturated heterocycles. The number of halogens is 1. The molecule has 2 heterocycles. The molecule has 4 rings (SSSR count). The number of thiazole rings is 1. The number of nitrogens with zero attached hydrogens (tertiary/aromatic N) is 2. The number of fused-ring (bicyclic) bond motifs is 1. The number of ether oxygens (including phenoxy) is 1. The van der Waals surface area contributed by atoms with E-state index >= 15 is 0 Å². The van der Waals surface area contributed by atoms with E-state index in [4.69, 9.17) is 16.3 Å². The monoisotopic (exact) mass is 480 g/mol. The highest BCUT2D eigenvalue weighted by atomic mass is 35.5. The number of benzene rings is 2. The van der Waals surface area contributed by atoms with Crippen LogP contribution < -0.4 is 14.9 Å². The largest absolute Gasteiger partial charge is 0.466 e. The van der Waals surface area contributed by atoms with Gasteiger partial charge in [-0.2, -0.15) is 0 Å². The lowest BCUT2D eigenvalue weighted by atomic mass is 9.85. The van der Waals surface area contributed by atoms with Gasteiger partial charge in [-0.3, -0.25) is 9.36 Å². The number of esters is 1. The predicted octanol–water partition coefficient (Wildman–Crippen LogP) is 4.36. The quantitative estimate of drug-likeness (QED) is 0.523. The minimum Gasteiger partial charge on any atom is -0.466 e. The van der Waals surface area contributed by atoms with Crippen molar-refractivity contribution in [2.75, 3.05) is 7.11 Å². The number of carbonyl (C=O) groups is 1. The van der Waals surface area contributed by atoms with Crippen LogP contribution in [-0.4, -0.2) is 17.6 Å². The van der Waals surface area contributed by atoms with Crippen LogP contribution in [0.15, 0.2) is 69.6 Å². The maximum atomic E-state index is 13.5. The molecule has 1 unspecified atom stereocenters. The van der Waals surface area contributed by atoms with E-state index in [1.807, 2.05) is 42.5 Å². The summed E-state index contributed by atoms with van der Waals surface area (Å²) in [5, 5.41) is 0.630. The normalized spacial score (nSPS) is 16.4. The zero-order valence-corrected chi connectivity index (χ0v) is 20.8. The minimum absolute atomic E-state index is 0.0115. The highest BCUT2D eigenvalue weighted by molar-refractivity contribution is 7.07. The van der Waals surface area contributed by atoms with Crippen molar-refractivity contribution in [3.63, 3.8) is 0 Å². The maximum absolute atomic E-state index is 13.5. The molecule has 0 bridgehead atoms. The second kappa shape index (κ2) is 8.76. The van der Waals surface area contributed by atoms with Crippen LogP contribution in [0.25, 0.3) is 6.08 Å². The lowest BCUT2D eigenvalue weighted by molar-refractivity contribution is -0.136. The van der Waals surface area contributed by atoms with Gasteiger partial charge in [0.1, 0.15) is 0 Å². The van der Waals surface area contributed by atoms with E-state index in [0.717, 1.165) is 11.1 Å². The van der Waals surface area contributed by atoms with Gasteiger partial charge < -0.3 is 4.74 Å². The fourth-order valence-corrected chi connectivity index (χ4v) is 5.06. The zero-order valence-electron chi connectivity index (χ0n) is 19.2. The molecule has 170 valence electrons. The summed E-state index contributed by atoms with van der Waals surface area (Å²) in [5.74, 6) is -0.492. The molecule has 0 aliphatic carbocycles. The van der Waals surface area contributed by atoms with E-state index in [0.29, 0.717) is 25.6 Å². The molecule has 1 aromatic heterocycles. The summed E-state index contributed by atoms with van der Waals surface area (Å²) in [6, 6.07) is 14.7. The van der Waals surface area contributed by atoms with E-state index in [1.54, 1.807) is 23.6 Å². The Labute approximate surface area is 201 Å². The van der Waals surface area contributed by atoms with Crippen molar-refractivity contribution in [1.29, 1.82) is 0 Å². The molecule has 0 amide bonds. The van der Waals surface area contributed by atoms with Crippen LogP contribution in [-0.2, 0) is 14.9 Å². The van der Waals surface area contributed by atoms with E-state index in [1.165, 1.54) is 24.0 Å². The Kier molecular flexibility index (Phi) is 6.16. The van der Waals surface area contributed by atoms with Gasteiger partial charge in [-0.05, 0) is 47.2 Å². The first-order valence-corrected chi connectivity index (χ1v) is 11.8. The maximum Gasteiger partial charge on any atom is 0.338 e. The van der Waals surface area contributed by atoms with Crippen LogP contribution in [0.2, 0.25) is 5.02 Å². The number of methoxy groups -OCH3 is 1. The number of hydrogen-bond donors (Lipinski definition) is 0. The van der Waals surface area contributed by atoms with Gasteiger partial charge in [0.2, 0.25) is 0 Å². The van der Waals surface area contributed by atoms with Crippen molar-refractivity contribution >= 4 is 35.0 Å². The molecule has 1 aliphatic rings. The summed E-state index contributed by atoms with van der Waals surface area (Å²) in [5.41, 5.74) is 3.56. The van der Waals surface area contributed by atoms with Crippen LogP contribution in [0.5, 0.6) is 0 Å². The molecular formula is C26H25ClN2O3S. The van der Waals surface area contributed by atoms with E-state index in [9.17, 15) is 9.59 Å². The van der Waals surface area contributed by atoms with Crippen LogP contribution in [0.1, 0.15) is 50.4 Å². The Hall–Kier alpha value is -2.96. The fraction of sp³-hybridized carbons (Fsp3) is 0.269. The highest BCUT2D eigenvalue weighted by Crippen LogP contribution is 2.32. The summed E-state index contributed by atoms with van der Waals surface area (Å²) in [6.45, 7) is 8.21. The average Bonchev–Trinajstić information content (AvgIpc) is 3.08. The Bertz CT molecular complexity index is 1420. The van der Waals surface area contributed by atoms with Crippen LogP contribution >= 0.6 is 22.9 Å². The van der Waals surface area contributed by atoms with E-state index in [-0.39, 0.29) is 11.0 Å². The zero-order chi connectivity index (χ0) is 23.9. The van der Waals surface area contributed by atoms with Crippen molar-refractivity contribution in [1.82, 2.24) is 4.57 Å². The molecule has 33 heavy (non-hydrogen) atoms. The summed E-state index contributed by atoms with van der Waals surface area (Å²) in [7, 11) is 1.34. The molecule has 1 atom stereocenters. The number of hydrogen-bond acceptors (Lipinski definition) is 5. The van der Waals surface area contributed by atoms with Gasteiger partial charge in [-0.25, -0.2) is 9.79 Å². The molecule has 0 fully saturated rings. The summed E-state index contributed by atoms with van der Waals surface area (Å²) < 4.78 is 7.20. The van der Waals surface area contributed by atoms with Gasteiger partial charge in [-0.15, -0.1) is 0 Å². The Morgan fingerprint density at radius 1 is 1.12 bits per heavy atom. The van der Waals surface area contributed by atoms with Crippen LogP contribution in [0, 0.1) is 0 Å². The Morgan fingerprint density at radius 3 is 2.33 bits per heavy atom. The first-order valence-electron chi connectivity index (χ1n) is 10.6. The second-order valence-electron chi connectivity index (χ2n) is 9.00. The topological polar surface area (TPSA) is 60.7 Å². The minimum atomic E-state index is -0.616. The van der Waals surface area contributed by atoms with Crippen molar-refractivity contribution in [3.8, 4) is 0 Å². The van der Waals surface area contributed by atoms with Gasteiger partial charge in [0.25, 0.3) is 5.56 Å². The van der Waals surface area contributed by atoms with Gasteiger partial charge in [0.15, 0.2) is 4.80 Å². The molecule has 5 nitrogen and oxygen atoms in total. The number of allylic oxidation sites excluding steroid dienone is 1. The molecule has 0 saturated carbocycles. The summed E-state index contributed by atoms with van der Waals surface area (Å²) in [4.78, 5) is 31.4. The van der Waals surface area contributed by atoms with Gasteiger partial charge in [0, 0.05) is 5.02 Å². The van der Waals surface area contributed by atoms with Crippen molar-refractivity contribution in [2.45, 2.75) is 39.2 Å². The van der Waals surface area contributed by atoms with Crippen LogP contribution in [0.3, 0.4) is 0 Å². The third-order valence-electron chi connectivity index (χ3n) is 5.69. The lowest BCUT2D eigenvalue weighted by Crippen LogP contribution is -2.39. The standard InChI is InChI=1S/C26H25ClN2O3S/c1-15-21(24(31)32-5)22(17-8-10-18(11-9-17)26(2,3)4)29-23(30)20(33-25(29)28-15)14-16-6-12-19(27)13-7-16/h6-14,22H,1-5H3/b20-14+. The Balaban J connectivity index is 1.93. The second-order valence-corrected chi connectivity index (χ2v) is 10.4. The van der Waals surface area contributed by atoms with Gasteiger partial charge in [0.05, 0.1) is 29.0 Å². The van der Waals surface area contributed by atoms with Gasteiger partial charge in [-0.1, -0.05) is 80.1 Å². The Morgan fingerprint density at radius 2 is 1.76 bits per heavy atom. The third-order valence-corrected chi connectivity index (χ3v) is 6.92. The van der Waals surface area contributed by atoms with Crippen molar-refractivity contribution < 1.29 is 9.53 Å². The van der Waals surface area contributed by atoms with Crippen molar-refractivity contribution in [2.24, 2.45) is 4.99 Å². The van der Waals surface area contributed by atoms with Crippen molar-refractivity contribution in [3.05, 3.63) is 101 Å². The first-order chi connectivity index (χ1) is 15.6. The summed E-state index contributed by atoms with van der Waals surface area (Å²) >= 11 is 7.29. The summed E-state index contributed by atoms with van der Waals surface area (Å²) in [6.07, 6.45) is 1.82. The molecule has 0 N–H and O–H groups in total. The molecular weight excluding hydrogens is 456 g/mol. The van der Waals surface area contributed by atoms with Crippen LogP contribution in [0.4, 0.5) is 0 Å². The van der Waals surface area contributed by atoms with E-state index in [2.05, 4.69) is 25.8 Å². The number of rotatable bonds is 3. The third kappa shape index (κ3) is 4.45. The first kappa shape index (κ1) is 23.2. The molecule has 1 aliphatic heterocycles. The highest BCUT2D eigenvalue weighted by Gasteiger charge is 2.33. The molecule has 3 aromatic rings. The average molecular weight is 481 g/mol. The van der Waals surface area contributed by atoms with Gasteiger partial charge >= 0.3 is 5.97 Å². The molecule has 7 heteroatoms. The molecule has 2 aromatic carbocycles. The fourth-order valence-electron chi connectivity index (χ4n) is 3.88. The lowest BCUT2D eigenvalue weighted by Gasteiger charge is -2.25. The predicted molar refractivity (Wildman–Crippen MR) is 132 cm³/mol.